The molecule has 7 nitrogen and oxygen atoms in total. The summed E-state index contributed by atoms with van der Waals surface area (Å²) in [4.78, 5) is 27.5. The van der Waals surface area contributed by atoms with Crippen molar-refractivity contribution < 1.29 is 32.6 Å². The van der Waals surface area contributed by atoms with E-state index >= 15 is 0 Å². The van der Waals surface area contributed by atoms with Gasteiger partial charge in [-0.2, -0.15) is 8.78 Å². The van der Waals surface area contributed by atoms with E-state index in [1.54, 1.807) is 42.6 Å². The first-order valence-electron chi connectivity index (χ1n) is 9.51. The minimum Gasteiger partial charge on any atom is -0.465 e. The molecule has 2 aromatic rings. The molecule has 31 heavy (non-hydrogen) atoms. The number of carbonyl (C=O) groups is 2. The van der Waals surface area contributed by atoms with E-state index in [0.717, 1.165) is 16.0 Å². The Balaban J connectivity index is 1.79. The van der Waals surface area contributed by atoms with E-state index in [1.807, 2.05) is 0 Å². The van der Waals surface area contributed by atoms with Gasteiger partial charge < -0.3 is 20.1 Å². The molecule has 0 spiro atoms. The van der Waals surface area contributed by atoms with Gasteiger partial charge in [0.1, 0.15) is 18.5 Å². The van der Waals surface area contributed by atoms with Gasteiger partial charge in [-0.05, 0) is 31.0 Å². The molecule has 2 heterocycles. The van der Waals surface area contributed by atoms with E-state index in [1.165, 1.54) is 13.8 Å². The summed E-state index contributed by atoms with van der Waals surface area (Å²) in [6.45, 7) is 1.97. The predicted octanol–water partition coefficient (Wildman–Crippen LogP) is 3.76. The van der Waals surface area contributed by atoms with Crippen molar-refractivity contribution in [3.8, 4) is 11.1 Å². The van der Waals surface area contributed by atoms with Crippen molar-refractivity contribution >= 4 is 12.0 Å². The number of alkyl halides is 3. The summed E-state index contributed by atoms with van der Waals surface area (Å²) in [5, 5.41) is 10.9. The number of carbonyl (C=O) groups excluding carboxylic acids is 1. The lowest BCUT2D eigenvalue weighted by atomic mass is 9.99. The summed E-state index contributed by atoms with van der Waals surface area (Å²) in [5.74, 6) is -1.46. The molecular weight excluding hydrogens is 415 g/mol. The Labute approximate surface area is 176 Å². The van der Waals surface area contributed by atoms with E-state index in [9.17, 15) is 22.8 Å². The summed E-state index contributed by atoms with van der Waals surface area (Å²) in [6.07, 6.45) is -3.69. The van der Waals surface area contributed by atoms with Crippen LogP contribution in [0.2, 0.25) is 0 Å². The van der Waals surface area contributed by atoms with Crippen LogP contribution in [0.5, 0.6) is 0 Å². The molecule has 2 amide bonds. The van der Waals surface area contributed by atoms with E-state index in [2.05, 4.69) is 10.3 Å². The molecule has 0 saturated carbocycles. The highest BCUT2D eigenvalue weighted by Crippen LogP contribution is 2.42. The van der Waals surface area contributed by atoms with Crippen molar-refractivity contribution in [3.63, 3.8) is 0 Å². The van der Waals surface area contributed by atoms with Crippen molar-refractivity contribution in [1.29, 1.82) is 0 Å². The monoisotopic (exact) mass is 437 g/mol. The molecule has 1 fully saturated rings. The molecule has 0 bridgehead atoms. The fraction of sp³-hybridized carbons (Fsp3) is 0.381. The van der Waals surface area contributed by atoms with Crippen LogP contribution in [0.4, 0.5) is 18.0 Å². The topological polar surface area (TPSA) is 91.8 Å². The SMILES string of the molecule is CC1(C)O[C@H](c2ccc(-c3ccc(CNC(=O)O)nc3)cc2)[C@@H](CF)N1C(=O)C(F)F. The molecular formula is C21H22F3N3O4. The Morgan fingerprint density at radius 2 is 1.84 bits per heavy atom. The van der Waals surface area contributed by atoms with Crippen LogP contribution in [-0.2, 0) is 16.1 Å². The zero-order valence-corrected chi connectivity index (χ0v) is 16.9. The molecule has 0 unspecified atom stereocenters. The predicted molar refractivity (Wildman–Crippen MR) is 105 cm³/mol. The molecule has 166 valence electrons. The van der Waals surface area contributed by atoms with Crippen molar-refractivity contribution in [2.24, 2.45) is 0 Å². The van der Waals surface area contributed by atoms with Crippen LogP contribution in [0.25, 0.3) is 11.1 Å². The summed E-state index contributed by atoms with van der Waals surface area (Å²) in [5.41, 5.74) is 1.30. The maximum Gasteiger partial charge on any atom is 0.404 e. The molecule has 1 aliphatic heterocycles. The first kappa shape index (κ1) is 22.5. The van der Waals surface area contributed by atoms with Crippen molar-refractivity contribution in [2.45, 2.75) is 44.7 Å². The van der Waals surface area contributed by atoms with Crippen molar-refractivity contribution in [3.05, 3.63) is 53.9 Å². The quantitative estimate of drug-likeness (QED) is 0.718. The molecule has 3 rings (SSSR count). The minimum absolute atomic E-state index is 0.0851. The number of halogens is 3. The van der Waals surface area contributed by atoms with Gasteiger partial charge in [0, 0.05) is 11.8 Å². The van der Waals surface area contributed by atoms with Gasteiger partial charge >= 0.3 is 12.5 Å². The average molecular weight is 437 g/mol. The normalized spacial score (nSPS) is 20.1. The smallest absolute Gasteiger partial charge is 0.404 e. The highest BCUT2D eigenvalue weighted by molar-refractivity contribution is 5.80. The van der Waals surface area contributed by atoms with Crippen LogP contribution in [0, 0.1) is 0 Å². The highest BCUT2D eigenvalue weighted by atomic mass is 19.3. The molecule has 1 saturated heterocycles. The second kappa shape index (κ2) is 8.93. The molecule has 1 aromatic carbocycles. The van der Waals surface area contributed by atoms with Gasteiger partial charge in [0.05, 0.1) is 18.3 Å². The largest absolute Gasteiger partial charge is 0.465 e. The first-order valence-corrected chi connectivity index (χ1v) is 9.51. The Hall–Kier alpha value is -3.14. The number of hydrogen-bond acceptors (Lipinski definition) is 4. The van der Waals surface area contributed by atoms with Crippen molar-refractivity contribution in [1.82, 2.24) is 15.2 Å². The molecule has 2 N–H and O–H groups in total. The number of amides is 2. The van der Waals surface area contributed by atoms with Crippen LogP contribution in [0.1, 0.15) is 31.2 Å². The number of carboxylic acid groups (broad SMARTS) is 1. The van der Waals surface area contributed by atoms with Gasteiger partial charge in [0.25, 0.3) is 5.91 Å². The van der Waals surface area contributed by atoms with Gasteiger partial charge in [-0.1, -0.05) is 30.3 Å². The number of benzene rings is 1. The lowest BCUT2D eigenvalue weighted by Gasteiger charge is -2.32. The van der Waals surface area contributed by atoms with Crippen LogP contribution in [0.15, 0.2) is 42.6 Å². The van der Waals surface area contributed by atoms with Gasteiger partial charge in [-0.25, -0.2) is 9.18 Å². The molecule has 10 heteroatoms. The second-order valence-corrected chi connectivity index (χ2v) is 7.53. The molecule has 2 atom stereocenters. The van der Waals surface area contributed by atoms with Gasteiger partial charge in [-0.3, -0.25) is 9.78 Å². The van der Waals surface area contributed by atoms with Gasteiger partial charge in [0.2, 0.25) is 0 Å². The second-order valence-electron chi connectivity index (χ2n) is 7.53. The molecule has 0 radical (unpaired) electrons. The van der Waals surface area contributed by atoms with Crippen molar-refractivity contribution in [2.75, 3.05) is 6.67 Å². The molecule has 0 aliphatic carbocycles. The fourth-order valence-corrected chi connectivity index (χ4v) is 3.69. The molecule has 1 aliphatic rings. The number of hydrogen-bond donors (Lipinski definition) is 2. The number of aromatic nitrogens is 1. The minimum atomic E-state index is -3.25. The van der Waals surface area contributed by atoms with Crippen LogP contribution in [0.3, 0.4) is 0 Å². The third-order valence-corrected chi connectivity index (χ3v) is 5.08. The standard InChI is InChI=1S/C21H22F3N3O4/c1-21(2)27(19(28)18(23)24)16(9-22)17(31-21)13-5-3-12(4-6-13)14-7-8-15(25-10-14)11-26-20(29)30/h3-8,10,16-18,26H,9,11H2,1-2H3,(H,29,30)/t16-,17-/m1/s1. The van der Waals surface area contributed by atoms with Crippen LogP contribution < -0.4 is 5.32 Å². The third kappa shape index (κ3) is 4.79. The Kier molecular flexibility index (Phi) is 6.49. The average Bonchev–Trinajstić information content (AvgIpc) is 3.02. The summed E-state index contributed by atoms with van der Waals surface area (Å²) >= 11 is 0. The Morgan fingerprint density at radius 1 is 1.19 bits per heavy atom. The Bertz CT molecular complexity index is 936. The lowest BCUT2D eigenvalue weighted by Crippen LogP contribution is -2.51. The zero-order valence-electron chi connectivity index (χ0n) is 16.9. The summed E-state index contributed by atoms with van der Waals surface area (Å²) in [6, 6.07) is 9.20. The number of nitrogens with one attached hydrogen (secondary N) is 1. The summed E-state index contributed by atoms with van der Waals surface area (Å²) in [7, 11) is 0. The maximum absolute atomic E-state index is 13.8. The van der Waals surface area contributed by atoms with Gasteiger partial charge in [-0.15, -0.1) is 0 Å². The van der Waals surface area contributed by atoms with E-state index in [4.69, 9.17) is 9.84 Å². The maximum atomic E-state index is 13.8. The van der Waals surface area contributed by atoms with Crippen LogP contribution in [-0.4, -0.2) is 51.9 Å². The number of ether oxygens (including phenoxy) is 1. The number of nitrogens with zero attached hydrogens (tertiary/aromatic N) is 2. The Morgan fingerprint density at radius 3 is 2.35 bits per heavy atom. The highest BCUT2D eigenvalue weighted by Gasteiger charge is 2.52. The number of rotatable bonds is 6. The third-order valence-electron chi connectivity index (χ3n) is 5.08. The lowest BCUT2D eigenvalue weighted by molar-refractivity contribution is -0.159. The van der Waals surface area contributed by atoms with E-state index in [-0.39, 0.29) is 6.54 Å². The zero-order chi connectivity index (χ0) is 22.8. The molecule has 1 aromatic heterocycles. The van der Waals surface area contributed by atoms with Crippen LogP contribution >= 0.6 is 0 Å². The van der Waals surface area contributed by atoms with E-state index in [0.29, 0.717) is 11.3 Å². The van der Waals surface area contributed by atoms with E-state index < -0.39 is 43.0 Å². The number of pyridine rings is 1. The first-order chi connectivity index (χ1) is 14.6. The fourth-order valence-electron chi connectivity index (χ4n) is 3.69. The summed E-state index contributed by atoms with van der Waals surface area (Å²) < 4.78 is 45.6. The van der Waals surface area contributed by atoms with Gasteiger partial charge in [0.15, 0.2) is 0 Å².